The van der Waals surface area contributed by atoms with Gasteiger partial charge in [0.25, 0.3) is 0 Å². The number of carbonyl (C=O) groups excluding carboxylic acids is 1. The van der Waals surface area contributed by atoms with Crippen molar-refractivity contribution in [1.82, 2.24) is 20.2 Å². The summed E-state index contributed by atoms with van der Waals surface area (Å²) >= 11 is 0. The van der Waals surface area contributed by atoms with Crippen molar-refractivity contribution in [1.29, 1.82) is 0 Å². The van der Waals surface area contributed by atoms with Crippen molar-refractivity contribution in [3.05, 3.63) is 66.1 Å². The molecule has 0 unspecified atom stereocenters. The monoisotopic (exact) mass is 431 g/mol. The number of aromatic nitrogens is 2. The third-order valence-corrected chi connectivity index (χ3v) is 6.48. The molecule has 0 radical (unpaired) electrons. The minimum absolute atomic E-state index is 0.244. The number of fused-ring (bicyclic) bond motifs is 1. The molecular weight excluding hydrogens is 402 g/mol. The number of piperazine rings is 1. The Morgan fingerprint density at radius 3 is 2.56 bits per heavy atom. The van der Waals surface area contributed by atoms with Crippen molar-refractivity contribution in [3.8, 4) is 0 Å². The number of anilines is 1. The number of nitrogens with zero attached hydrogens (tertiary/aromatic N) is 4. The molecule has 2 saturated heterocycles. The first-order valence-corrected chi connectivity index (χ1v) is 11.4. The maximum Gasteiger partial charge on any atom is 0.410 e. The third kappa shape index (κ3) is 4.53. The van der Waals surface area contributed by atoms with E-state index in [1.807, 2.05) is 30.3 Å². The van der Waals surface area contributed by atoms with Crippen LogP contribution in [0, 0.1) is 0 Å². The molecule has 0 spiro atoms. The molecule has 0 saturated carbocycles. The van der Waals surface area contributed by atoms with Crippen LogP contribution in [-0.4, -0.2) is 60.2 Å². The van der Waals surface area contributed by atoms with Gasteiger partial charge in [0.15, 0.2) is 0 Å². The number of amides is 1. The fourth-order valence-electron chi connectivity index (χ4n) is 4.64. The van der Waals surface area contributed by atoms with E-state index in [0.29, 0.717) is 25.6 Å². The summed E-state index contributed by atoms with van der Waals surface area (Å²) in [5.74, 6) is 0.498. The maximum atomic E-state index is 12.4. The Labute approximate surface area is 188 Å². The van der Waals surface area contributed by atoms with Crippen molar-refractivity contribution in [2.24, 2.45) is 0 Å². The first kappa shape index (κ1) is 20.7. The first-order chi connectivity index (χ1) is 15.8. The summed E-state index contributed by atoms with van der Waals surface area (Å²) in [6, 6.07) is 16.3. The van der Waals surface area contributed by atoms with Crippen molar-refractivity contribution in [2.75, 3.05) is 44.2 Å². The highest BCUT2D eigenvalue weighted by Crippen LogP contribution is 2.31. The molecule has 7 heteroatoms. The minimum atomic E-state index is -0.244. The van der Waals surface area contributed by atoms with Crippen LogP contribution in [0.1, 0.15) is 30.0 Å². The molecule has 32 heavy (non-hydrogen) atoms. The average molecular weight is 432 g/mol. The average Bonchev–Trinajstić information content (AvgIpc) is 2.88. The molecule has 0 bridgehead atoms. The highest BCUT2D eigenvalue weighted by Gasteiger charge is 2.23. The number of piperidine rings is 1. The summed E-state index contributed by atoms with van der Waals surface area (Å²) in [5, 5.41) is 4.58. The molecule has 2 fully saturated rings. The number of carbonyl (C=O) groups is 1. The number of ether oxygens (including phenoxy) is 1. The molecule has 2 aliphatic rings. The fourth-order valence-corrected chi connectivity index (χ4v) is 4.64. The van der Waals surface area contributed by atoms with Crippen LogP contribution in [0.15, 0.2) is 54.9 Å². The van der Waals surface area contributed by atoms with E-state index >= 15 is 0 Å². The molecule has 0 atom stereocenters. The van der Waals surface area contributed by atoms with Gasteiger partial charge >= 0.3 is 6.09 Å². The van der Waals surface area contributed by atoms with Crippen molar-refractivity contribution < 1.29 is 9.53 Å². The lowest BCUT2D eigenvalue weighted by molar-refractivity contribution is 0.0942. The molecule has 2 aliphatic heterocycles. The molecule has 1 amide bonds. The number of hydrogen-bond donors (Lipinski definition) is 1. The molecule has 166 valence electrons. The molecule has 2 aromatic carbocycles. The van der Waals surface area contributed by atoms with Gasteiger partial charge in [0.2, 0.25) is 0 Å². The van der Waals surface area contributed by atoms with Crippen LogP contribution in [0.2, 0.25) is 0 Å². The Hall–Kier alpha value is -3.19. The van der Waals surface area contributed by atoms with Crippen LogP contribution >= 0.6 is 0 Å². The van der Waals surface area contributed by atoms with E-state index in [2.05, 4.69) is 38.4 Å². The SMILES string of the molecule is O=C(OCc1ccccc1)N1CCN(c2ccc3c(C4CCNCC4)ncnc3c2)CC1. The summed E-state index contributed by atoms with van der Waals surface area (Å²) in [6.07, 6.45) is 3.70. The Bertz CT molecular complexity index is 1060. The van der Waals surface area contributed by atoms with Gasteiger partial charge in [0, 0.05) is 43.2 Å². The van der Waals surface area contributed by atoms with Crippen molar-refractivity contribution in [2.45, 2.75) is 25.4 Å². The Kier molecular flexibility index (Phi) is 6.16. The number of benzene rings is 2. The lowest BCUT2D eigenvalue weighted by atomic mass is 9.92. The summed E-state index contributed by atoms with van der Waals surface area (Å²) in [7, 11) is 0. The van der Waals surface area contributed by atoms with Gasteiger partial charge in [-0.3, -0.25) is 0 Å². The van der Waals surface area contributed by atoms with Crippen LogP contribution in [-0.2, 0) is 11.3 Å². The Morgan fingerprint density at radius 1 is 1.00 bits per heavy atom. The minimum Gasteiger partial charge on any atom is -0.445 e. The second kappa shape index (κ2) is 9.53. The van der Waals surface area contributed by atoms with Gasteiger partial charge in [-0.25, -0.2) is 14.8 Å². The number of hydrogen-bond acceptors (Lipinski definition) is 6. The van der Waals surface area contributed by atoms with E-state index in [-0.39, 0.29) is 6.09 Å². The molecule has 5 rings (SSSR count). The summed E-state index contributed by atoms with van der Waals surface area (Å²) in [6.45, 7) is 5.25. The second-order valence-corrected chi connectivity index (χ2v) is 8.50. The third-order valence-electron chi connectivity index (χ3n) is 6.48. The molecule has 7 nitrogen and oxygen atoms in total. The predicted molar refractivity (Wildman–Crippen MR) is 125 cm³/mol. The molecular formula is C25H29N5O2. The number of nitrogens with one attached hydrogen (secondary N) is 1. The van der Waals surface area contributed by atoms with Gasteiger partial charge in [-0.1, -0.05) is 30.3 Å². The standard InChI is InChI=1S/C25H29N5O2/c31-25(32-17-19-4-2-1-3-5-19)30-14-12-29(13-15-30)21-6-7-22-23(16-21)27-18-28-24(22)20-8-10-26-11-9-20/h1-7,16,18,20,26H,8-15,17H2. The molecule has 3 heterocycles. The van der Waals surface area contributed by atoms with E-state index in [1.54, 1.807) is 11.2 Å². The summed E-state index contributed by atoms with van der Waals surface area (Å²) < 4.78 is 5.48. The zero-order valence-electron chi connectivity index (χ0n) is 18.2. The van der Waals surface area contributed by atoms with Gasteiger partial charge in [-0.2, -0.15) is 0 Å². The van der Waals surface area contributed by atoms with E-state index in [0.717, 1.165) is 61.2 Å². The molecule has 1 aromatic heterocycles. The smallest absolute Gasteiger partial charge is 0.410 e. The maximum absolute atomic E-state index is 12.4. The second-order valence-electron chi connectivity index (χ2n) is 8.50. The predicted octanol–water partition coefficient (Wildman–Crippen LogP) is 3.56. The van der Waals surface area contributed by atoms with Crippen LogP contribution in [0.3, 0.4) is 0 Å². The zero-order chi connectivity index (χ0) is 21.8. The molecule has 0 aliphatic carbocycles. The lowest BCUT2D eigenvalue weighted by Crippen LogP contribution is -2.48. The highest BCUT2D eigenvalue weighted by molar-refractivity contribution is 5.84. The molecule has 1 N–H and O–H groups in total. The lowest BCUT2D eigenvalue weighted by Gasteiger charge is -2.35. The first-order valence-electron chi connectivity index (χ1n) is 11.4. The van der Waals surface area contributed by atoms with Crippen LogP contribution < -0.4 is 10.2 Å². The van der Waals surface area contributed by atoms with E-state index in [9.17, 15) is 4.79 Å². The zero-order valence-corrected chi connectivity index (χ0v) is 18.2. The van der Waals surface area contributed by atoms with E-state index in [1.165, 1.54) is 5.69 Å². The van der Waals surface area contributed by atoms with E-state index < -0.39 is 0 Å². The van der Waals surface area contributed by atoms with Gasteiger partial charge in [0.1, 0.15) is 12.9 Å². The van der Waals surface area contributed by atoms with Gasteiger partial charge in [-0.05, 0) is 49.7 Å². The van der Waals surface area contributed by atoms with Crippen LogP contribution in [0.4, 0.5) is 10.5 Å². The Balaban J connectivity index is 1.21. The largest absolute Gasteiger partial charge is 0.445 e. The summed E-state index contributed by atoms with van der Waals surface area (Å²) in [5.41, 5.74) is 4.32. The molecule has 3 aromatic rings. The van der Waals surface area contributed by atoms with Gasteiger partial charge < -0.3 is 19.9 Å². The van der Waals surface area contributed by atoms with Gasteiger partial charge in [0.05, 0.1) is 11.2 Å². The van der Waals surface area contributed by atoms with Crippen molar-refractivity contribution in [3.63, 3.8) is 0 Å². The topological polar surface area (TPSA) is 70.6 Å². The highest BCUT2D eigenvalue weighted by atomic mass is 16.6. The van der Waals surface area contributed by atoms with Crippen LogP contribution in [0.25, 0.3) is 10.9 Å². The number of rotatable bonds is 4. The van der Waals surface area contributed by atoms with E-state index in [4.69, 9.17) is 4.74 Å². The fraction of sp³-hybridized carbons (Fsp3) is 0.400. The van der Waals surface area contributed by atoms with Gasteiger partial charge in [-0.15, -0.1) is 0 Å². The summed E-state index contributed by atoms with van der Waals surface area (Å²) in [4.78, 5) is 25.7. The quantitative estimate of drug-likeness (QED) is 0.681. The van der Waals surface area contributed by atoms with Crippen LogP contribution in [0.5, 0.6) is 0 Å². The Morgan fingerprint density at radius 2 is 1.78 bits per heavy atom. The van der Waals surface area contributed by atoms with Crippen molar-refractivity contribution >= 4 is 22.7 Å². The normalized spacial score (nSPS) is 17.5.